The topological polar surface area (TPSA) is 262 Å². The third-order valence-corrected chi connectivity index (χ3v) is 1.29. The Kier molecular flexibility index (Phi) is 77.1. The second kappa shape index (κ2) is 28.8. The van der Waals surface area contributed by atoms with E-state index in [1.165, 1.54) is 0 Å². The maximum Gasteiger partial charge on any atom is 1.00 e. The van der Waals surface area contributed by atoms with Crippen LogP contribution in [-0.2, 0) is 14.4 Å². The molecule has 11 nitrogen and oxygen atoms in total. The van der Waals surface area contributed by atoms with Crippen molar-refractivity contribution in [3.63, 3.8) is 0 Å². The first-order valence-electron chi connectivity index (χ1n) is 3.17. The average molecular weight is 596 g/mol. The molecule has 0 aliphatic rings. The van der Waals surface area contributed by atoms with Gasteiger partial charge in [0.1, 0.15) is 0 Å². The Labute approximate surface area is 271 Å². The summed E-state index contributed by atoms with van der Waals surface area (Å²) in [6.45, 7) is 0. The molecule has 0 unspecified atom stereocenters. The van der Waals surface area contributed by atoms with E-state index in [2.05, 4.69) is 0 Å². The quantitative estimate of drug-likeness (QED) is 0.190. The first-order valence-corrected chi connectivity index (χ1v) is 3.17. The van der Waals surface area contributed by atoms with Crippen molar-refractivity contribution in [2.45, 2.75) is 18.4 Å². The minimum absolute atomic E-state index is 0. The Morgan fingerprint density at radius 3 is 1.10 bits per heavy atom. The average Bonchev–Trinajstić information content (AvgIpc) is 1.82. The van der Waals surface area contributed by atoms with Crippen molar-refractivity contribution in [2.24, 2.45) is 0 Å². The van der Waals surface area contributed by atoms with Crippen LogP contribution in [0, 0.1) is 0 Å². The molecular weight excluding hydrogens is 572 g/mol. The molecule has 0 atom stereocenters. The summed E-state index contributed by atoms with van der Waals surface area (Å²) in [5.74, 6) is -5.02. The van der Waals surface area contributed by atoms with Gasteiger partial charge in [-0.15, -0.1) is 0 Å². The number of hydrogen-bond acceptors (Lipinski definition) is 5. The zero-order valence-electron chi connectivity index (χ0n) is 15.3. The monoisotopic (exact) mass is 595 g/mol. The summed E-state index contributed by atoms with van der Waals surface area (Å²) in [4.78, 5) is 30.5. The molecule has 0 amide bonds. The van der Waals surface area contributed by atoms with Crippen molar-refractivity contribution in [1.29, 1.82) is 0 Å². The molecule has 0 rings (SSSR count). The van der Waals surface area contributed by atoms with Crippen molar-refractivity contribution in [3.8, 4) is 0 Å². The van der Waals surface area contributed by atoms with Gasteiger partial charge in [-0.25, -0.2) is 4.79 Å². The fraction of sp³-hybridized carbons (Fsp3) is 0.500. The summed E-state index contributed by atoms with van der Waals surface area (Å²) >= 11 is 0. The van der Waals surface area contributed by atoms with Crippen LogP contribution in [0.3, 0.4) is 0 Å². The van der Waals surface area contributed by atoms with Gasteiger partial charge in [0.15, 0.2) is 5.60 Å². The van der Waals surface area contributed by atoms with E-state index < -0.39 is 36.4 Å². The predicted molar refractivity (Wildman–Crippen MR) is 66.2 cm³/mol. The Morgan fingerprint density at radius 2 is 1.00 bits per heavy atom. The van der Waals surface area contributed by atoms with Crippen LogP contribution in [0.25, 0.3) is 0 Å². The largest absolute Gasteiger partial charge is 1.00 e. The molecule has 13 N–H and O–H groups in total. The van der Waals surface area contributed by atoms with Gasteiger partial charge in [-0.3, -0.25) is 9.59 Å². The fourth-order valence-corrected chi connectivity index (χ4v) is 0.714. The number of hydrogen-bond donors (Lipinski definition) is 5. The second-order valence-electron chi connectivity index (χ2n) is 2.48. The van der Waals surface area contributed by atoms with Crippen LogP contribution in [-0.4, -0.2) is 86.6 Å². The normalized spacial score (nSPS) is 6.71. The zero-order valence-corrected chi connectivity index (χ0v) is 27.2. The van der Waals surface area contributed by atoms with Gasteiger partial charge in [-0.05, 0) is 0 Å². The maximum atomic E-state index is 10.3. The van der Waals surface area contributed by atoms with Crippen LogP contribution < -0.4 is 160 Å². The van der Waals surface area contributed by atoms with E-state index in [0.29, 0.717) is 0 Å². The Hall–Kier alpha value is 4.00. The number of carbonyl (C=O) groups is 3. The van der Waals surface area contributed by atoms with Gasteiger partial charge in [-0.1, -0.05) is 0 Å². The summed E-state index contributed by atoms with van der Waals surface area (Å²) in [6, 6.07) is 0. The molecule has 0 heterocycles. The SMILES string of the molecule is N.O.O.O.O=C(O)CC(O)(CC(=O)O)C(=O)O.[BiH3].[H-].[H-].[H-].[K+].[K+].[K+]. The van der Waals surface area contributed by atoms with Gasteiger partial charge in [-0.2, -0.15) is 0 Å². The van der Waals surface area contributed by atoms with E-state index in [-0.39, 0.29) is 207 Å². The van der Waals surface area contributed by atoms with Gasteiger partial charge in [0.2, 0.25) is 0 Å². The molecule has 0 aliphatic carbocycles. The van der Waals surface area contributed by atoms with E-state index >= 15 is 0 Å². The van der Waals surface area contributed by atoms with Crippen LogP contribution >= 0.6 is 0 Å². The molecule has 0 aromatic rings. The van der Waals surface area contributed by atoms with E-state index in [9.17, 15) is 14.4 Å². The molecule has 0 saturated heterocycles. The Bertz CT molecular complexity index is 266. The molecule has 0 aliphatic heterocycles. The minimum atomic E-state index is -2.74. The van der Waals surface area contributed by atoms with Crippen molar-refractivity contribution < 1.29 is 210 Å². The van der Waals surface area contributed by atoms with Crippen LogP contribution in [0.5, 0.6) is 0 Å². The molecule has 0 radical (unpaired) electrons. The summed E-state index contributed by atoms with van der Waals surface area (Å²) in [6.07, 6.45) is -2.29. The number of aliphatic hydroxyl groups is 1. The first-order chi connectivity index (χ1) is 5.78. The van der Waals surface area contributed by atoms with Crippen LogP contribution in [0.1, 0.15) is 17.1 Å². The fourth-order valence-electron chi connectivity index (χ4n) is 0.714. The van der Waals surface area contributed by atoms with Crippen molar-refractivity contribution >= 4 is 44.1 Å². The molecule has 0 bridgehead atoms. The molecule has 0 fully saturated rings. The van der Waals surface area contributed by atoms with Gasteiger partial charge in [0.25, 0.3) is 0 Å². The van der Waals surface area contributed by atoms with Crippen molar-refractivity contribution in [2.75, 3.05) is 0 Å². The number of rotatable bonds is 5. The van der Waals surface area contributed by atoms with Crippen molar-refractivity contribution in [3.05, 3.63) is 0 Å². The molecule has 15 heteroatoms. The van der Waals surface area contributed by atoms with E-state index in [1.807, 2.05) is 0 Å². The van der Waals surface area contributed by atoms with E-state index in [4.69, 9.17) is 20.4 Å². The standard InChI is InChI=1S/C6H8O7.Bi.3K.H3N.3H2O.6H/c7-3(8)1-6(13,5(11)12)2-4(9)10;;;;;;;;;;;;;;/h13H,1-2H2,(H,7,8)(H,9,10)(H,11,12);;;;;1H3;3*1H2;;;;;;/q;;3*+1;;;;;;;;3*-1. The molecule has 120 valence electrons. The Balaban J connectivity index is -0.0000000131. The first kappa shape index (κ1) is 56.2. The van der Waals surface area contributed by atoms with Crippen LogP contribution in [0.15, 0.2) is 0 Å². The molecule has 21 heavy (non-hydrogen) atoms. The number of carboxylic acids is 3. The maximum absolute atomic E-state index is 10.3. The minimum Gasteiger partial charge on any atom is -1.00 e. The predicted octanol–water partition coefficient (Wildman–Crippen LogP) is -13.4. The molecular formula is C6H23BiK3NO10. The summed E-state index contributed by atoms with van der Waals surface area (Å²) in [7, 11) is 0. The van der Waals surface area contributed by atoms with Crippen LogP contribution in [0.2, 0.25) is 0 Å². The number of aliphatic carboxylic acids is 3. The smallest absolute Gasteiger partial charge is 1.00 e. The Morgan fingerprint density at radius 1 is 0.810 bits per heavy atom. The number of carboxylic acid groups (broad SMARTS) is 3. The zero-order chi connectivity index (χ0) is 10.6. The molecule has 0 saturated carbocycles. The molecule has 0 aromatic heterocycles. The van der Waals surface area contributed by atoms with Crippen molar-refractivity contribution in [1.82, 2.24) is 6.15 Å². The van der Waals surface area contributed by atoms with Gasteiger partial charge in [0, 0.05) is 0 Å². The summed E-state index contributed by atoms with van der Waals surface area (Å²) < 4.78 is 0. The van der Waals surface area contributed by atoms with Gasteiger partial charge >= 0.3 is 198 Å². The summed E-state index contributed by atoms with van der Waals surface area (Å²) in [5, 5.41) is 33.8. The summed E-state index contributed by atoms with van der Waals surface area (Å²) in [5.41, 5.74) is -2.74. The third-order valence-electron chi connectivity index (χ3n) is 1.29. The second-order valence-corrected chi connectivity index (χ2v) is 2.48. The van der Waals surface area contributed by atoms with Gasteiger partial charge in [0.05, 0.1) is 12.8 Å². The van der Waals surface area contributed by atoms with E-state index in [0.717, 1.165) is 0 Å². The van der Waals surface area contributed by atoms with Crippen LogP contribution in [0.4, 0.5) is 0 Å². The molecule has 0 spiro atoms. The van der Waals surface area contributed by atoms with E-state index in [1.54, 1.807) is 0 Å². The molecule has 0 aromatic carbocycles. The van der Waals surface area contributed by atoms with Gasteiger partial charge < -0.3 is 47.3 Å². The third kappa shape index (κ3) is 29.0.